The Morgan fingerprint density at radius 3 is 2.39 bits per heavy atom. The van der Waals surface area contributed by atoms with Crippen LogP contribution in [0.5, 0.6) is 0 Å². The van der Waals surface area contributed by atoms with Crippen LogP contribution < -0.4 is 5.32 Å². The Hall–Kier alpha value is -2.93. The lowest BCUT2D eigenvalue weighted by atomic mass is 9.92. The number of amides is 1. The minimum Gasteiger partial charge on any atom is -0.460 e. The highest BCUT2D eigenvalue weighted by atomic mass is 16.3. The van der Waals surface area contributed by atoms with Gasteiger partial charge in [0.2, 0.25) is 0 Å². The van der Waals surface area contributed by atoms with Gasteiger partial charge in [-0.3, -0.25) is 9.69 Å². The third kappa shape index (κ3) is 4.60. The van der Waals surface area contributed by atoms with Gasteiger partial charge in [0.15, 0.2) is 0 Å². The third-order valence-electron chi connectivity index (χ3n) is 6.79. The smallest absolute Gasteiger partial charge is 0.254 e. The topological polar surface area (TPSA) is 52.0 Å². The predicted octanol–water partition coefficient (Wildman–Crippen LogP) is 3.54. The van der Waals surface area contributed by atoms with Gasteiger partial charge in [-0.15, -0.1) is 0 Å². The van der Waals surface area contributed by atoms with Crippen LogP contribution in [0.3, 0.4) is 0 Å². The monoisotopic (exact) mass is 444 g/mol. The van der Waals surface area contributed by atoms with Crippen LogP contribution in [-0.2, 0) is 13.1 Å². The van der Waals surface area contributed by atoms with Gasteiger partial charge in [0, 0.05) is 64.0 Å². The standard InChI is InChI=1S/C27H32N4O2/c1-29-14-16-31(17-15-29)13-12-28-18-20-10-11-26(33-20)23-7-4-3-6-21(23)22-8-5-9-24-25(22)19-30(2)27(24)32/h3-11,28H,12-19H2,1-2H3. The van der Waals surface area contributed by atoms with Crippen LogP contribution in [-0.4, -0.2) is 74.0 Å². The van der Waals surface area contributed by atoms with Gasteiger partial charge >= 0.3 is 0 Å². The van der Waals surface area contributed by atoms with Gasteiger partial charge in [-0.05, 0) is 41.9 Å². The van der Waals surface area contributed by atoms with E-state index in [9.17, 15) is 4.79 Å². The van der Waals surface area contributed by atoms with Crippen molar-refractivity contribution in [3.63, 3.8) is 0 Å². The van der Waals surface area contributed by atoms with Gasteiger partial charge in [0.25, 0.3) is 5.91 Å². The molecule has 1 aromatic heterocycles. The van der Waals surface area contributed by atoms with Crippen LogP contribution in [0.1, 0.15) is 21.7 Å². The molecule has 6 nitrogen and oxygen atoms in total. The molecule has 0 saturated carbocycles. The van der Waals surface area contributed by atoms with E-state index in [1.807, 2.05) is 31.3 Å². The number of piperazine rings is 1. The summed E-state index contributed by atoms with van der Waals surface area (Å²) in [4.78, 5) is 19.1. The van der Waals surface area contributed by atoms with Crippen molar-refractivity contribution in [1.82, 2.24) is 20.0 Å². The lowest BCUT2D eigenvalue weighted by molar-refractivity contribution is 0.0816. The molecule has 1 saturated heterocycles. The molecule has 2 aliphatic rings. The summed E-state index contributed by atoms with van der Waals surface area (Å²) in [6.45, 7) is 7.96. The van der Waals surface area contributed by atoms with Crippen LogP contribution in [0, 0.1) is 0 Å². The van der Waals surface area contributed by atoms with E-state index in [0.29, 0.717) is 6.54 Å². The zero-order chi connectivity index (χ0) is 22.8. The molecule has 3 aromatic rings. The highest BCUT2D eigenvalue weighted by Gasteiger charge is 2.27. The summed E-state index contributed by atoms with van der Waals surface area (Å²) >= 11 is 0. The molecule has 0 spiro atoms. The molecule has 5 rings (SSSR count). The van der Waals surface area contributed by atoms with E-state index in [4.69, 9.17) is 4.42 Å². The van der Waals surface area contributed by atoms with Crippen LogP contribution in [0.2, 0.25) is 0 Å². The SMILES string of the molecule is CN1CCN(CCNCc2ccc(-c3ccccc3-c3cccc4c3CN(C)C4=O)o2)CC1. The Morgan fingerprint density at radius 1 is 0.848 bits per heavy atom. The molecule has 0 atom stereocenters. The van der Waals surface area contributed by atoms with E-state index >= 15 is 0 Å². The van der Waals surface area contributed by atoms with Crippen LogP contribution in [0.15, 0.2) is 59.0 Å². The second-order valence-corrected chi connectivity index (χ2v) is 9.13. The van der Waals surface area contributed by atoms with Gasteiger partial charge in [-0.25, -0.2) is 0 Å². The molecule has 6 heteroatoms. The molecule has 0 radical (unpaired) electrons. The summed E-state index contributed by atoms with van der Waals surface area (Å²) < 4.78 is 6.24. The fourth-order valence-corrected chi connectivity index (χ4v) is 4.80. The zero-order valence-electron chi connectivity index (χ0n) is 19.5. The molecule has 172 valence electrons. The summed E-state index contributed by atoms with van der Waals surface area (Å²) in [7, 11) is 4.04. The average Bonchev–Trinajstić information content (AvgIpc) is 3.42. The maximum Gasteiger partial charge on any atom is 0.254 e. The number of rotatable bonds is 7. The van der Waals surface area contributed by atoms with Crippen molar-refractivity contribution >= 4 is 5.91 Å². The van der Waals surface area contributed by atoms with E-state index in [1.165, 1.54) is 0 Å². The Morgan fingerprint density at radius 2 is 1.58 bits per heavy atom. The fourth-order valence-electron chi connectivity index (χ4n) is 4.80. The Kier molecular flexibility index (Phi) is 6.31. The summed E-state index contributed by atoms with van der Waals surface area (Å²) in [5, 5.41) is 3.52. The van der Waals surface area contributed by atoms with Gasteiger partial charge in [-0.2, -0.15) is 0 Å². The number of furan rings is 1. The number of nitrogens with zero attached hydrogens (tertiary/aromatic N) is 3. The highest BCUT2D eigenvalue weighted by Crippen LogP contribution is 2.38. The van der Waals surface area contributed by atoms with E-state index in [2.05, 4.69) is 52.5 Å². The van der Waals surface area contributed by atoms with Crippen molar-refractivity contribution in [1.29, 1.82) is 0 Å². The van der Waals surface area contributed by atoms with Crippen LogP contribution in [0.4, 0.5) is 0 Å². The minimum atomic E-state index is 0.0901. The van der Waals surface area contributed by atoms with Crippen molar-refractivity contribution in [2.75, 3.05) is 53.4 Å². The number of likely N-dealkylation sites (N-methyl/N-ethyl adjacent to an activating group) is 1. The number of fused-ring (bicyclic) bond motifs is 1. The number of nitrogens with one attached hydrogen (secondary N) is 1. The molecular formula is C27H32N4O2. The Labute approximate surface area is 195 Å². The lowest BCUT2D eigenvalue weighted by Crippen LogP contribution is -2.46. The first-order chi connectivity index (χ1) is 16.1. The molecule has 1 amide bonds. The number of carbonyl (C=O) groups excluding carboxylic acids is 1. The van der Waals surface area contributed by atoms with Crippen LogP contribution in [0.25, 0.3) is 22.5 Å². The summed E-state index contributed by atoms with van der Waals surface area (Å²) in [5.74, 6) is 1.88. The van der Waals surface area contributed by atoms with E-state index in [-0.39, 0.29) is 5.91 Å². The molecule has 0 unspecified atom stereocenters. The average molecular weight is 445 g/mol. The summed E-state index contributed by atoms with van der Waals surface area (Å²) in [5.41, 5.74) is 5.14. The van der Waals surface area contributed by atoms with Crippen molar-refractivity contribution in [2.45, 2.75) is 13.1 Å². The molecule has 3 heterocycles. The molecule has 33 heavy (non-hydrogen) atoms. The quantitative estimate of drug-likeness (QED) is 0.565. The first kappa shape index (κ1) is 21.9. The van der Waals surface area contributed by atoms with E-state index < -0.39 is 0 Å². The first-order valence-electron chi connectivity index (χ1n) is 11.8. The van der Waals surface area contributed by atoms with Crippen molar-refractivity contribution in [3.8, 4) is 22.5 Å². The van der Waals surface area contributed by atoms with Gasteiger partial charge in [0.05, 0.1) is 6.54 Å². The largest absolute Gasteiger partial charge is 0.460 e. The first-order valence-corrected chi connectivity index (χ1v) is 11.8. The van der Waals surface area contributed by atoms with Crippen molar-refractivity contribution in [3.05, 3.63) is 71.5 Å². The summed E-state index contributed by atoms with van der Waals surface area (Å²) in [6.07, 6.45) is 0. The zero-order valence-corrected chi connectivity index (χ0v) is 19.5. The number of hydrogen-bond acceptors (Lipinski definition) is 5. The lowest BCUT2D eigenvalue weighted by Gasteiger charge is -2.32. The number of hydrogen-bond donors (Lipinski definition) is 1. The summed E-state index contributed by atoms with van der Waals surface area (Å²) in [6, 6.07) is 18.4. The predicted molar refractivity (Wildman–Crippen MR) is 131 cm³/mol. The molecule has 2 aliphatic heterocycles. The second-order valence-electron chi connectivity index (χ2n) is 9.13. The Balaban J connectivity index is 1.28. The molecule has 2 aromatic carbocycles. The van der Waals surface area contributed by atoms with Gasteiger partial charge in [-0.1, -0.05) is 36.4 Å². The highest BCUT2D eigenvalue weighted by molar-refractivity contribution is 6.01. The molecular weight excluding hydrogens is 412 g/mol. The number of benzene rings is 2. The van der Waals surface area contributed by atoms with Crippen LogP contribution >= 0.6 is 0 Å². The fraction of sp³-hybridized carbons (Fsp3) is 0.370. The van der Waals surface area contributed by atoms with E-state index in [0.717, 1.165) is 85.2 Å². The maximum atomic E-state index is 12.5. The van der Waals surface area contributed by atoms with Crippen molar-refractivity contribution < 1.29 is 9.21 Å². The molecule has 1 fully saturated rings. The van der Waals surface area contributed by atoms with E-state index in [1.54, 1.807) is 4.90 Å². The molecule has 1 N–H and O–H groups in total. The second kappa shape index (κ2) is 9.51. The normalized spacial score (nSPS) is 17.0. The minimum absolute atomic E-state index is 0.0901. The molecule has 0 bridgehead atoms. The van der Waals surface area contributed by atoms with Gasteiger partial charge in [0.1, 0.15) is 11.5 Å². The van der Waals surface area contributed by atoms with Crippen molar-refractivity contribution in [2.24, 2.45) is 0 Å². The third-order valence-corrected chi connectivity index (χ3v) is 6.79. The Bertz CT molecular complexity index is 1130. The molecule has 0 aliphatic carbocycles. The number of carbonyl (C=O) groups is 1. The van der Waals surface area contributed by atoms with Gasteiger partial charge < -0.3 is 19.5 Å². The maximum absolute atomic E-state index is 12.5.